The molecule has 6 heteroatoms. The predicted octanol–water partition coefficient (Wildman–Crippen LogP) is 3.77. The molecule has 2 aliphatic heterocycles. The van der Waals surface area contributed by atoms with Crippen molar-refractivity contribution in [2.45, 2.75) is 50.4 Å². The Labute approximate surface area is 183 Å². The van der Waals surface area contributed by atoms with Crippen LogP contribution < -0.4 is 10.6 Å². The van der Waals surface area contributed by atoms with E-state index < -0.39 is 5.92 Å². The number of fused-ring (bicyclic) bond motifs is 2. The Morgan fingerprint density at radius 3 is 2.42 bits per heavy atom. The van der Waals surface area contributed by atoms with Gasteiger partial charge in [-0.3, -0.25) is 4.79 Å². The summed E-state index contributed by atoms with van der Waals surface area (Å²) in [7, 11) is 0. The van der Waals surface area contributed by atoms with Gasteiger partial charge in [0, 0.05) is 13.1 Å². The van der Waals surface area contributed by atoms with Gasteiger partial charge in [-0.15, -0.1) is 0 Å². The first-order chi connectivity index (χ1) is 15.2. The molecule has 0 aliphatic carbocycles. The SMILES string of the molecule is O=C(NCCC1CC2CCC1O2)NCC(C(=O)OCc1ccccc1)c1ccccc1. The molecule has 2 aliphatic rings. The van der Waals surface area contributed by atoms with Crippen molar-refractivity contribution in [3.05, 3.63) is 71.8 Å². The second-order valence-corrected chi connectivity index (χ2v) is 8.35. The number of benzene rings is 2. The summed E-state index contributed by atoms with van der Waals surface area (Å²) >= 11 is 0. The van der Waals surface area contributed by atoms with Crippen LogP contribution in [0.5, 0.6) is 0 Å². The lowest BCUT2D eigenvalue weighted by molar-refractivity contribution is -0.146. The van der Waals surface area contributed by atoms with Crippen LogP contribution in [-0.4, -0.2) is 37.3 Å². The van der Waals surface area contributed by atoms with E-state index in [4.69, 9.17) is 9.47 Å². The molecule has 2 N–H and O–H groups in total. The van der Waals surface area contributed by atoms with E-state index in [1.807, 2.05) is 60.7 Å². The Kier molecular flexibility index (Phi) is 7.20. The van der Waals surface area contributed by atoms with Gasteiger partial charge >= 0.3 is 12.0 Å². The van der Waals surface area contributed by atoms with Crippen molar-refractivity contribution in [1.29, 1.82) is 0 Å². The quantitative estimate of drug-likeness (QED) is 0.603. The van der Waals surface area contributed by atoms with E-state index in [0.717, 1.165) is 30.4 Å². The van der Waals surface area contributed by atoms with Crippen molar-refractivity contribution < 1.29 is 19.1 Å². The van der Waals surface area contributed by atoms with E-state index in [0.29, 0.717) is 24.7 Å². The number of rotatable bonds is 9. The summed E-state index contributed by atoms with van der Waals surface area (Å²) in [5, 5.41) is 5.75. The minimum Gasteiger partial charge on any atom is -0.460 e. The van der Waals surface area contributed by atoms with Gasteiger partial charge in [-0.1, -0.05) is 60.7 Å². The third kappa shape index (κ3) is 5.85. The fraction of sp³-hybridized carbons (Fsp3) is 0.440. The number of urea groups is 1. The summed E-state index contributed by atoms with van der Waals surface area (Å²) < 4.78 is 11.4. The highest BCUT2D eigenvalue weighted by molar-refractivity contribution is 5.80. The number of carbonyl (C=O) groups is 2. The Hall–Kier alpha value is -2.86. The van der Waals surface area contributed by atoms with Gasteiger partial charge in [-0.25, -0.2) is 4.79 Å². The van der Waals surface area contributed by atoms with Crippen molar-refractivity contribution in [2.24, 2.45) is 5.92 Å². The molecule has 31 heavy (non-hydrogen) atoms. The number of nitrogens with one attached hydrogen (secondary N) is 2. The highest BCUT2D eigenvalue weighted by Crippen LogP contribution is 2.40. The number of hydrogen-bond donors (Lipinski definition) is 2. The molecular weight excluding hydrogens is 392 g/mol. The van der Waals surface area contributed by atoms with Crippen molar-refractivity contribution in [3.8, 4) is 0 Å². The zero-order chi connectivity index (χ0) is 21.5. The average molecular weight is 423 g/mol. The Balaban J connectivity index is 1.25. The van der Waals surface area contributed by atoms with Crippen molar-refractivity contribution in [1.82, 2.24) is 10.6 Å². The minimum atomic E-state index is -0.561. The second kappa shape index (κ2) is 10.4. The molecule has 0 aromatic heterocycles. The van der Waals surface area contributed by atoms with E-state index >= 15 is 0 Å². The van der Waals surface area contributed by atoms with Gasteiger partial charge in [-0.2, -0.15) is 0 Å². The van der Waals surface area contributed by atoms with Crippen LogP contribution in [0.4, 0.5) is 4.79 Å². The monoisotopic (exact) mass is 422 g/mol. The molecule has 0 radical (unpaired) electrons. The molecule has 4 atom stereocenters. The van der Waals surface area contributed by atoms with E-state index in [1.54, 1.807) is 0 Å². The summed E-state index contributed by atoms with van der Waals surface area (Å²) in [6, 6.07) is 18.7. The minimum absolute atomic E-state index is 0.181. The molecule has 2 bridgehead atoms. The molecule has 0 spiro atoms. The summed E-state index contributed by atoms with van der Waals surface area (Å²) in [6.45, 7) is 0.999. The van der Waals surface area contributed by atoms with Gasteiger partial charge in [-0.05, 0) is 42.7 Å². The molecule has 2 amide bonds. The summed E-state index contributed by atoms with van der Waals surface area (Å²) in [5.74, 6) is -0.367. The predicted molar refractivity (Wildman–Crippen MR) is 117 cm³/mol. The third-order valence-corrected chi connectivity index (χ3v) is 6.21. The van der Waals surface area contributed by atoms with Crippen LogP contribution in [0.15, 0.2) is 60.7 Å². The maximum atomic E-state index is 12.8. The lowest BCUT2D eigenvalue weighted by atomic mass is 9.87. The molecule has 4 rings (SSSR count). The second-order valence-electron chi connectivity index (χ2n) is 8.35. The largest absolute Gasteiger partial charge is 0.460 e. The molecule has 4 unspecified atom stereocenters. The Bertz CT molecular complexity index is 858. The fourth-order valence-corrected chi connectivity index (χ4v) is 4.53. The number of ether oxygens (including phenoxy) is 2. The number of hydrogen-bond acceptors (Lipinski definition) is 4. The molecule has 2 aromatic carbocycles. The Morgan fingerprint density at radius 2 is 1.74 bits per heavy atom. The highest BCUT2D eigenvalue weighted by atomic mass is 16.5. The van der Waals surface area contributed by atoms with Crippen LogP contribution in [0.3, 0.4) is 0 Å². The van der Waals surface area contributed by atoms with Crippen LogP contribution in [0.2, 0.25) is 0 Å². The first-order valence-electron chi connectivity index (χ1n) is 11.1. The van der Waals surface area contributed by atoms with Gasteiger partial charge < -0.3 is 20.1 Å². The third-order valence-electron chi connectivity index (χ3n) is 6.21. The average Bonchev–Trinajstić information content (AvgIpc) is 3.43. The summed E-state index contributed by atoms with van der Waals surface area (Å²) in [4.78, 5) is 25.1. The maximum Gasteiger partial charge on any atom is 0.315 e. The lowest BCUT2D eigenvalue weighted by Gasteiger charge is -2.19. The van der Waals surface area contributed by atoms with Crippen LogP contribution in [0.1, 0.15) is 42.7 Å². The first kappa shape index (κ1) is 21.4. The molecule has 0 saturated carbocycles. The first-order valence-corrected chi connectivity index (χ1v) is 11.1. The summed E-state index contributed by atoms with van der Waals surface area (Å²) in [6.07, 6.45) is 5.16. The highest BCUT2D eigenvalue weighted by Gasteiger charge is 2.40. The van der Waals surface area contributed by atoms with Gasteiger partial charge in [0.2, 0.25) is 0 Å². The standard InChI is InChI=1S/C25H30N2O4/c28-24(30-17-18-7-3-1-4-8-18)22(19-9-5-2-6-10-19)16-27-25(29)26-14-13-20-15-21-11-12-23(20)31-21/h1-10,20-23H,11-17H2,(H2,26,27,29). The number of amides is 2. The van der Waals surface area contributed by atoms with Crippen LogP contribution in [0, 0.1) is 5.92 Å². The molecule has 2 aromatic rings. The number of esters is 1. The molecule has 2 saturated heterocycles. The molecular formula is C25H30N2O4. The van der Waals surface area contributed by atoms with Gasteiger partial charge in [0.25, 0.3) is 0 Å². The zero-order valence-corrected chi connectivity index (χ0v) is 17.7. The van der Waals surface area contributed by atoms with Gasteiger partial charge in [0.15, 0.2) is 0 Å². The smallest absolute Gasteiger partial charge is 0.315 e. The summed E-state index contributed by atoms with van der Waals surface area (Å²) in [5.41, 5.74) is 1.75. The van der Waals surface area contributed by atoms with Crippen LogP contribution >= 0.6 is 0 Å². The Morgan fingerprint density at radius 1 is 1.00 bits per heavy atom. The van der Waals surface area contributed by atoms with E-state index in [-0.39, 0.29) is 25.2 Å². The lowest BCUT2D eigenvalue weighted by Crippen LogP contribution is -2.40. The van der Waals surface area contributed by atoms with Crippen LogP contribution in [0.25, 0.3) is 0 Å². The molecule has 2 heterocycles. The van der Waals surface area contributed by atoms with E-state index in [9.17, 15) is 9.59 Å². The van der Waals surface area contributed by atoms with E-state index in [2.05, 4.69) is 10.6 Å². The molecule has 164 valence electrons. The number of carbonyl (C=O) groups excluding carboxylic acids is 2. The van der Waals surface area contributed by atoms with Crippen molar-refractivity contribution in [2.75, 3.05) is 13.1 Å². The molecule has 2 fully saturated rings. The zero-order valence-electron chi connectivity index (χ0n) is 17.7. The van der Waals surface area contributed by atoms with Gasteiger partial charge in [0.1, 0.15) is 6.61 Å². The van der Waals surface area contributed by atoms with Gasteiger partial charge in [0.05, 0.1) is 18.1 Å². The van der Waals surface area contributed by atoms with Crippen LogP contribution in [-0.2, 0) is 20.9 Å². The van der Waals surface area contributed by atoms with Crippen molar-refractivity contribution >= 4 is 12.0 Å². The fourth-order valence-electron chi connectivity index (χ4n) is 4.53. The maximum absolute atomic E-state index is 12.8. The molecule has 6 nitrogen and oxygen atoms in total. The van der Waals surface area contributed by atoms with E-state index in [1.165, 1.54) is 6.42 Å². The normalized spacial score (nSPS) is 22.6. The van der Waals surface area contributed by atoms with Crippen molar-refractivity contribution in [3.63, 3.8) is 0 Å². The topological polar surface area (TPSA) is 76.7 Å².